The maximum atomic E-state index is 9.70. The Morgan fingerprint density at radius 2 is 2.54 bits per heavy atom. The SMILES string of the molecule is C=C[C@H]1C=C(C)C[C@H](N=[N+]=[N-])[C@H]1O. The van der Waals surface area contributed by atoms with E-state index in [4.69, 9.17) is 5.53 Å². The van der Waals surface area contributed by atoms with Crippen LogP contribution in [0.5, 0.6) is 0 Å². The molecule has 0 aromatic rings. The van der Waals surface area contributed by atoms with Gasteiger partial charge in [-0.25, -0.2) is 0 Å². The Bertz CT molecular complexity index is 279. The Labute approximate surface area is 77.2 Å². The summed E-state index contributed by atoms with van der Waals surface area (Å²) >= 11 is 0. The summed E-state index contributed by atoms with van der Waals surface area (Å²) in [5, 5.41) is 13.3. The molecular formula is C9H13N3O. The zero-order valence-corrected chi connectivity index (χ0v) is 7.59. The molecule has 13 heavy (non-hydrogen) atoms. The van der Waals surface area contributed by atoms with Crippen molar-refractivity contribution in [2.45, 2.75) is 25.5 Å². The molecule has 0 spiro atoms. The second kappa shape index (κ2) is 4.12. The van der Waals surface area contributed by atoms with Crippen LogP contribution in [-0.4, -0.2) is 17.3 Å². The lowest BCUT2D eigenvalue weighted by Crippen LogP contribution is -2.33. The summed E-state index contributed by atoms with van der Waals surface area (Å²) in [6, 6.07) is -0.349. The van der Waals surface area contributed by atoms with Crippen molar-refractivity contribution in [1.29, 1.82) is 0 Å². The van der Waals surface area contributed by atoms with Crippen LogP contribution in [0.1, 0.15) is 13.3 Å². The quantitative estimate of drug-likeness (QED) is 0.300. The summed E-state index contributed by atoms with van der Waals surface area (Å²) in [4.78, 5) is 2.72. The minimum Gasteiger partial charge on any atom is -0.392 e. The molecule has 1 aliphatic rings. The van der Waals surface area contributed by atoms with E-state index in [2.05, 4.69) is 16.6 Å². The van der Waals surface area contributed by atoms with Gasteiger partial charge in [-0.2, -0.15) is 0 Å². The predicted octanol–water partition coefficient (Wildman–Crippen LogP) is 2.18. The van der Waals surface area contributed by atoms with E-state index in [-0.39, 0.29) is 12.0 Å². The predicted molar refractivity (Wildman–Crippen MR) is 51.0 cm³/mol. The van der Waals surface area contributed by atoms with Crippen LogP contribution in [0.2, 0.25) is 0 Å². The average Bonchev–Trinajstić information content (AvgIpc) is 2.11. The highest BCUT2D eigenvalue weighted by atomic mass is 16.3. The van der Waals surface area contributed by atoms with Gasteiger partial charge in [0, 0.05) is 10.8 Å². The molecular weight excluding hydrogens is 166 g/mol. The first-order chi connectivity index (χ1) is 6.19. The minimum absolute atomic E-state index is 0.0933. The van der Waals surface area contributed by atoms with Gasteiger partial charge in [0.1, 0.15) is 0 Å². The number of aliphatic hydroxyl groups is 1. The van der Waals surface area contributed by atoms with Crippen molar-refractivity contribution in [1.82, 2.24) is 0 Å². The molecule has 1 rings (SSSR count). The van der Waals surface area contributed by atoms with Gasteiger partial charge in [-0.05, 0) is 18.9 Å². The maximum Gasteiger partial charge on any atom is 0.0725 e. The van der Waals surface area contributed by atoms with Crippen LogP contribution in [0.15, 0.2) is 29.4 Å². The highest BCUT2D eigenvalue weighted by Gasteiger charge is 2.27. The molecule has 0 bridgehead atoms. The summed E-state index contributed by atoms with van der Waals surface area (Å²) in [5.74, 6) is -0.0933. The molecule has 0 aliphatic heterocycles. The standard InChI is InChI=1S/C9H13N3O/c1-3-7-4-6(2)5-8(9(7)13)11-12-10/h3-4,7-9,13H,1,5H2,2H3/t7-,8-,9-/m0/s1. The van der Waals surface area contributed by atoms with Gasteiger partial charge < -0.3 is 5.11 Å². The van der Waals surface area contributed by atoms with Gasteiger partial charge in [0.15, 0.2) is 0 Å². The molecule has 0 saturated carbocycles. The molecule has 0 fully saturated rings. The van der Waals surface area contributed by atoms with E-state index in [1.807, 2.05) is 13.0 Å². The third-order valence-corrected chi connectivity index (χ3v) is 2.27. The van der Waals surface area contributed by atoms with Gasteiger partial charge in [0.25, 0.3) is 0 Å². The molecule has 4 nitrogen and oxygen atoms in total. The first kappa shape index (κ1) is 9.84. The molecule has 0 unspecified atom stereocenters. The first-order valence-corrected chi connectivity index (χ1v) is 4.21. The normalized spacial score (nSPS) is 33.1. The van der Waals surface area contributed by atoms with Crippen molar-refractivity contribution in [3.63, 3.8) is 0 Å². The number of hydrogen-bond acceptors (Lipinski definition) is 2. The molecule has 1 aliphatic carbocycles. The van der Waals surface area contributed by atoms with E-state index >= 15 is 0 Å². The van der Waals surface area contributed by atoms with E-state index in [0.717, 1.165) is 5.57 Å². The summed E-state index contributed by atoms with van der Waals surface area (Å²) < 4.78 is 0. The van der Waals surface area contributed by atoms with Crippen molar-refractivity contribution in [2.75, 3.05) is 0 Å². The number of rotatable bonds is 2. The third kappa shape index (κ3) is 2.11. The highest BCUT2D eigenvalue weighted by molar-refractivity contribution is 5.16. The van der Waals surface area contributed by atoms with E-state index in [0.29, 0.717) is 6.42 Å². The lowest BCUT2D eigenvalue weighted by Gasteiger charge is -2.28. The van der Waals surface area contributed by atoms with E-state index in [1.54, 1.807) is 6.08 Å². The number of hydrogen-bond donors (Lipinski definition) is 1. The minimum atomic E-state index is -0.628. The van der Waals surface area contributed by atoms with Crippen molar-refractivity contribution >= 4 is 0 Å². The van der Waals surface area contributed by atoms with Gasteiger partial charge in [-0.3, -0.25) is 0 Å². The fourth-order valence-corrected chi connectivity index (χ4v) is 1.59. The lowest BCUT2D eigenvalue weighted by atomic mass is 9.85. The van der Waals surface area contributed by atoms with Gasteiger partial charge in [0.2, 0.25) is 0 Å². The zero-order chi connectivity index (χ0) is 9.84. The van der Waals surface area contributed by atoms with Gasteiger partial charge in [-0.1, -0.05) is 22.8 Å². The summed E-state index contributed by atoms with van der Waals surface area (Å²) in [7, 11) is 0. The Kier molecular flexibility index (Phi) is 3.12. The monoisotopic (exact) mass is 179 g/mol. The highest BCUT2D eigenvalue weighted by Crippen LogP contribution is 2.26. The molecule has 0 amide bonds. The van der Waals surface area contributed by atoms with E-state index < -0.39 is 6.10 Å². The van der Waals surface area contributed by atoms with Crippen LogP contribution in [-0.2, 0) is 0 Å². The maximum absolute atomic E-state index is 9.70. The fraction of sp³-hybridized carbons (Fsp3) is 0.556. The molecule has 70 valence electrons. The molecule has 0 heterocycles. The Balaban J connectivity index is 2.87. The van der Waals surface area contributed by atoms with E-state index in [9.17, 15) is 5.11 Å². The summed E-state index contributed by atoms with van der Waals surface area (Å²) in [6.07, 6.45) is 3.64. The zero-order valence-electron chi connectivity index (χ0n) is 7.59. The lowest BCUT2D eigenvalue weighted by molar-refractivity contribution is 0.113. The molecule has 0 aromatic carbocycles. The summed E-state index contributed by atoms with van der Waals surface area (Å²) in [5.41, 5.74) is 9.42. The summed E-state index contributed by atoms with van der Waals surface area (Å²) in [6.45, 7) is 5.59. The molecule has 0 aromatic heterocycles. The van der Waals surface area contributed by atoms with Crippen LogP contribution >= 0.6 is 0 Å². The van der Waals surface area contributed by atoms with Gasteiger partial charge in [-0.15, -0.1) is 6.58 Å². The van der Waals surface area contributed by atoms with Gasteiger partial charge >= 0.3 is 0 Å². The smallest absolute Gasteiger partial charge is 0.0725 e. The van der Waals surface area contributed by atoms with Crippen LogP contribution in [0.3, 0.4) is 0 Å². The second-order valence-electron chi connectivity index (χ2n) is 3.29. The van der Waals surface area contributed by atoms with Gasteiger partial charge in [0.05, 0.1) is 12.1 Å². The van der Waals surface area contributed by atoms with Crippen molar-refractivity contribution in [3.05, 3.63) is 34.7 Å². The first-order valence-electron chi connectivity index (χ1n) is 4.21. The van der Waals surface area contributed by atoms with Crippen LogP contribution in [0.25, 0.3) is 10.4 Å². The van der Waals surface area contributed by atoms with Crippen LogP contribution < -0.4 is 0 Å². The fourth-order valence-electron chi connectivity index (χ4n) is 1.59. The molecule has 0 radical (unpaired) electrons. The second-order valence-corrected chi connectivity index (χ2v) is 3.29. The molecule has 1 N–H and O–H groups in total. The van der Waals surface area contributed by atoms with Crippen molar-refractivity contribution < 1.29 is 5.11 Å². The number of nitrogens with zero attached hydrogens (tertiary/aromatic N) is 3. The Morgan fingerprint density at radius 3 is 3.08 bits per heavy atom. The molecule has 0 saturated heterocycles. The number of aliphatic hydroxyl groups excluding tert-OH is 1. The van der Waals surface area contributed by atoms with Crippen molar-refractivity contribution in [2.24, 2.45) is 11.0 Å². The van der Waals surface area contributed by atoms with Crippen molar-refractivity contribution in [3.8, 4) is 0 Å². The van der Waals surface area contributed by atoms with Crippen LogP contribution in [0.4, 0.5) is 0 Å². The number of azide groups is 1. The molecule has 4 heteroatoms. The third-order valence-electron chi connectivity index (χ3n) is 2.27. The van der Waals surface area contributed by atoms with E-state index in [1.165, 1.54) is 0 Å². The largest absolute Gasteiger partial charge is 0.392 e. The Morgan fingerprint density at radius 1 is 1.85 bits per heavy atom. The van der Waals surface area contributed by atoms with Crippen LogP contribution in [0, 0.1) is 5.92 Å². The molecule has 3 atom stereocenters. The Hall–Kier alpha value is -1.25. The average molecular weight is 179 g/mol. The topological polar surface area (TPSA) is 69.0 Å².